The van der Waals surface area contributed by atoms with Crippen LogP contribution in [0.15, 0.2) is 18.6 Å². The van der Waals surface area contributed by atoms with E-state index in [1.54, 1.807) is 6.33 Å². The van der Waals surface area contributed by atoms with Gasteiger partial charge >= 0.3 is 0 Å². The molecular weight excluding hydrogens is 352 g/mol. The molecule has 7 nitrogen and oxygen atoms in total. The Balaban J connectivity index is 1.47. The third-order valence-electron chi connectivity index (χ3n) is 6.18. The first kappa shape index (κ1) is 18.9. The molecule has 1 amide bonds. The lowest BCUT2D eigenvalue weighted by molar-refractivity contribution is -0.137. The number of nitrogens with one attached hydrogen (secondary N) is 1. The number of hydrogen-bond acceptors (Lipinski definition) is 5. The van der Waals surface area contributed by atoms with Crippen LogP contribution < -0.4 is 4.90 Å². The normalized spacial score (nSPS) is 22.9. The first-order valence-corrected chi connectivity index (χ1v) is 10.4. The van der Waals surface area contributed by atoms with Crippen molar-refractivity contribution in [2.24, 2.45) is 5.41 Å². The maximum atomic E-state index is 12.5. The highest BCUT2D eigenvalue weighted by Crippen LogP contribution is 2.40. The van der Waals surface area contributed by atoms with Gasteiger partial charge in [0.05, 0.1) is 6.33 Å². The van der Waals surface area contributed by atoms with E-state index in [0.717, 1.165) is 74.9 Å². The Kier molecular flexibility index (Phi) is 5.33. The molecule has 2 aromatic rings. The van der Waals surface area contributed by atoms with Crippen LogP contribution in [0.1, 0.15) is 49.8 Å². The molecule has 0 aromatic carbocycles. The molecule has 0 bridgehead atoms. The van der Waals surface area contributed by atoms with Crippen molar-refractivity contribution < 1.29 is 4.79 Å². The summed E-state index contributed by atoms with van der Waals surface area (Å²) in [5.41, 5.74) is 2.36. The summed E-state index contributed by atoms with van der Waals surface area (Å²) in [5, 5.41) is 0. The van der Waals surface area contributed by atoms with Gasteiger partial charge in [-0.25, -0.2) is 15.0 Å². The molecule has 2 aliphatic rings. The average molecular weight is 383 g/mol. The number of aryl methyl sites for hydroxylation is 2. The first-order chi connectivity index (χ1) is 13.6. The van der Waals surface area contributed by atoms with Gasteiger partial charge in [0.25, 0.3) is 0 Å². The number of amides is 1. The van der Waals surface area contributed by atoms with E-state index in [2.05, 4.69) is 37.7 Å². The molecule has 150 valence electrons. The third-order valence-corrected chi connectivity index (χ3v) is 6.18. The number of rotatable bonds is 5. The van der Waals surface area contributed by atoms with E-state index in [1.807, 2.05) is 13.1 Å². The topological polar surface area (TPSA) is 78.0 Å². The molecule has 2 aliphatic heterocycles. The molecular formula is C21H30N6O. The van der Waals surface area contributed by atoms with Gasteiger partial charge in [0, 0.05) is 68.1 Å². The fourth-order valence-electron chi connectivity index (χ4n) is 4.67. The molecule has 1 spiro atoms. The van der Waals surface area contributed by atoms with Gasteiger partial charge in [-0.15, -0.1) is 0 Å². The zero-order chi connectivity index (χ0) is 19.6. The van der Waals surface area contributed by atoms with Crippen molar-refractivity contribution in [3.63, 3.8) is 0 Å². The minimum absolute atomic E-state index is 0.172. The smallest absolute Gasteiger partial charge is 0.222 e. The fraction of sp³-hybridized carbons (Fsp3) is 0.619. The number of imidazole rings is 1. The van der Waals surface area contributed by atoms with Gasteiger partial charge in [-0.05, 0) is 32.6 Å². The van der Waals surface area contributed by atoms with E-state index in [0.29, 0.717) is 6.42 Å². The quantitative estimate of drug-likeness (QED) is 0.860. The van der Waals surface area contributed by atoms with Gasteiger partial charge in [-0.2, -0.15) is 0 Å². The summed E-state index contributed by atoms with van der Waals surface area (Å²) >= 11 is 0. The van der Waals surface area contributed by atoms with Gasteiger partial charge in [-0.1, -0.05) is 6.92 Å². The molecule has 4 rings (SSSR count). The molecule has 0 radical (unpaired) electrons. The number of hydrogen-bond donors (Lipinski definition) is 1. The largest absolute Gasteiger partial charge is 0.356 e. The minimum Gasteiger partial charge on any atom is -0.356 e. The van der Waals surface area contributed by atoms with E-state index < -0.39 is 0 Å². The number of anilines is 1. The highest BCUT2D eigenvalue weighted by molar-refractivity contribution is 5.77. The van der Waals surface area contributed by atoms with Gasteiger partial charge in [0.2, 0.25) is 5.91 Å². The Morgan fingerprint density at radius 3 is 2.93 bits per heavy atom. The lowest BCUT2D eigenvalue weighted by Gasteiger charge is -2.48. The lowest BCUT2D eigenvalue weighted by atomic mass is 9.73. The number of carbonyl (C=O) groups is 1. The summed E-state index contributed by atoms with van der Waals surface area (Å²) in [6.45, 7) is 7.72. The first-order valence-electron chi connectivity index (χ1n) is 10.4. The van der Waals surface area contributed by atoms with E-state index in [1.165, 1.54) is 6.42 Å². The second-order valence-electron chi connectivity index (χ2n) is 8.29. The van der Waals surface area contributed by atoms with Crippen molar-refractivity contribution in [2.45, 2.75) is 52.4 Å². The van der Waals surface area contributed by atoms with Crippen molar-refractivity contribution in [3.05, 3.63) is 35.8 Å². The molecule has 2 aromatic heterocycles. The highest BCUT2D eigenvalue weighted by Gasteiger charge is 2.42. The van der Waals surface area contributed by atoms with Crippen LogP contribution in [0.2, 0.25) is 0 Å². The molecule has 2 saturated heterocycles. The van der Waals surface area contributed by atoms with Crippen LogP contribution >= 0.6 is 0 Å². The molecule has 0 aliphatic carbocycles. The van der Waals surface area contributed by atoms with Crippen molar-refractivity contribution in [1.82, 2.24) is 24.8 Å². The second kappa shape index (κ2) is 7.89. The molecule has 2 fully saturated rings. The zero-order valence-corrected chi connectivity index (χ0v) is 16.9. The Bertz CT molecular complexity index is 820. The summed E-state index contributed by atoms with van der Waals surface area (Å²) in [7, 11) is 0. The van der Waals surface area contributed by atoms with Crippen LogP contribution in [0, 0.1) is 12.3 Å². The van der Waals surface area contributed by atoms with Crippen LogP contribution in [0.25, 0.3) is 0 Å². The van der Waals surface area contributed by atoms with Crippen LogP contribution in [0.5, 0.6) is 0 Å². The number of H-pyrrole nitrogens is 1. The average Bonchev–Trinajstić information content (AvgIpc) is 3.22. The minimum atomic E-state index is 0.172. The molecule has 1 atom stereocenters. The van der Waals surface area contributed by atoms with Crippen LogP contribution in [-0.2, 0) is 17.6 Å². The lowest BCUT2D eigenvalue weighted by Crippen LogP contribution is -2.54. The van der Waals surface area contributed by atoms with Crippen molar-refractivity contribution in [2.75, 3.05) is 31.1 Å². The standard InChI is InChI=1S/C21H30N6O/c1-3-17-11-19(25-16(2)24-17)26-9-4-7-21(13-26)8-5-20(28)27(14-21)10-6-18-12-22-15-23-18/h11-12,15H,3-10,13-14H2,1-2H3,(H,22,23). The van der Waals surface area contributed by atoms with Gasteiger partial charge in [0.15, 0.2) is 0 Å². The Hall–Kier alpha value is -2.44. The SMILES string of the molecule is CCc1cc(N2CCCC3(CCC(=O)N(CCc4cnc[nH]4)C3)C2)nc(C)n1. The Morgan fingerprint density at radius 2 is 2.14 bits per heavy atom. The summed E-state index contributed by atoms with van der Waals surface area (Å²) in [5.74, 6) is 2.17. The van der Waals surface area contributed by atoms with E-state index in [9.17, 15) is 4.79 Å². The van der Waals surface area contributed by atoms with Crippen LogP contribution in [-0.4, -0.2) is 56.9 Å². The fourth-order valence-corrected chi connectivity index (χ4v) is 4.67. The second-order valence-corrected chi connectivity index (χ2v) is 8.29. The summed E-state index contributed by atoms with van der Waals surface area (Å²) in [6, 6.07) is 2.13. The number of carbonyl (C=O) groups excluding carboxylic acids is 1. The van der Waals surface area contributed by atoms with Crippen molar-refractivity contribution >= 4 is 11.7 Å². The van der Waals surface area contributed by atoms with Crippen molar-refractivity contribution in [1.29, 1.82) is 0 Å². The number of nitrogens with zero attached hydrogens (tertiary/aromatic N) is 5. The third kappa shape index (κ3) is 4.03. The molecule has 1 unspecified atom stereocenters. The van der Waals surface area contributed by atoms with E-state index in [4.69, 9.17) is 4.98 Å². The molecule has 4 heterocycles. The van der Waals surface area contributed by atoms with Crippen molar-refractivity contribution in [3.8, 4) is 0 Å². The predicted molar refractivity (Wildman–Crippen MR) is 108 cm³/mol. The van der Waals surface area contributed by atoms with E-state index in [-0.39, 0.29) is 11.3 Å². The molecule has 0 saturated carbocycles. The van der Waals surface area contributed by atoms with Gasteiger partial charge in [-0.3, -0.25) is 4.79 Å². The highest BCUT2D eigenvalue weighted by atomic mass is 16.2. The number of aromatic amines is 1. The number of piperidine rings is 2. The number of aromatic nitrogens is 4. The summed E-state index contributed by atoms with van der Waals surface area (Å²) in [4.78, 5) is 33.5. The summed E-state index contributed by atoms with van der Waals surface area (Å²) in [6.07, 6.45) is 9.25. The molecule has 7 heteroatoms. The maximum Gasteiger partial charge on any atom is 0.222 e. The van der Waals surface area contributed by atoms with E-state index >= 15 is 0 Å². The van der Waals surface area contributed by atoms with Crippen LogP contribution in [0.3, 0.4) is 0 Å². The molecule has 1 N–H and O–H groups in total. The zero-order valence-electron chi connectivity index (χ0n) is 16.9. The van der Waals surface area contributed by atoms with Crippen LogP contribution in [0.4, 0.5) is 5.82 Å². The predicted octanol–water partition coefficient (Wildman–Crippen LogP) is 2.52. The Morgan fingerprint density at radius 1 is 1.25 bits per heavy atom. The molecule has 28 heavy (non-hydrogen) atoms. The maximum absolute atomic E-state index is 12.5. The van der Waals surface area contributed by atoms with Gasteiger partial charge < -0.3 is 14.8 Å². The van der Waals surface area contributed by atoms with Gasteiger partial charge in [0.1, 0.15) is 11.6 Å². The Labute approximate surface area is 166 Å². The number of likely N-dealkylation sites (tertiary alicyclic amines) is 1. The monoisotopic (exact) mass is 382 g/mol. The summed E-state index contributed by atoms with van der Waals surface area (Å²) < 4.78 is 0.